The van der Waals surface area contributed by atoms with E-state index in [1.807, 2.05) is 79.0 Å². The summed E-state index contributed by atoms with van der Waals surface area (Å²) < 4.78 is 6.14. The summed E-state index contributed by atoms with van der Waals surface area (Å²) in [4.78, 5) is 42.6. The fourth-order valence-corrected chi connectivity index (χ4v) is 7.09. The highest BCUT2D eigenvalue weighted by atomic mass is 32.2. The number of aliphatic hydroxyl groups excluding tert-OH is 1. The first kappa shape index (κ1) is 26.2. The van der Waals surface area contributed by atoms with Crippen LogP contribution < -0.4 is 4.90 Å². The number of nitrogens with zero attached hydrogens (tertiary/aromatic N) is 2. The summed E-state index contributed by atoms with van der Waals surface area (Å²) in [7, 11) is 0. The smallest absolute Gasteiger partial charge is 0.324 e. The van der Waals surface area contributed by atoms with Gasteiger partial charge < -0.3 is 14.7 Å². The number of aliphatic hydroxyl groups is 1. The summed E-state index contributed by atoms with van der Waals surface area (Å²) in [5, 5.41) is 12.0. The first-order chi connectivity index (χ1) is 18.4. The second-order valence-corrected chi connectivity index (χ2v) is 11.3. The number of carbonyl (C=O) groups excluding carboxylic acids is 3. The van der Waals surface area contributed by atoms with E-state index in [1.165, 1.54) is 39.8 Å². The summed E-state index contributed by atoms with van der Waals surface area (Å²) in [5.74, 6) is -0.998. The van der Waals surface area contributed by atoms with Crippen molar-refractivity contribution in [2.45, 2.75) is 49.1 Å². The van der Waals surface area contributed by atoms with Gasteiger partial charge >= 0.3 is 5.97 Å². The second kappa shape index (κ2) is 11.1. The van der Waals surface area contributed by atoms with Crippen LogP contribution in [0.5, 0.6) is 0 Å². The van der Waals surface area contributed by atoms with Crippen molar-refractivity contribution >= 4 is 45.9 Å². The average Bonchev–Trinajstić information content (AvgIpc) is 3.48. The molecule has 3 heterocycles. The Morgan fingerprint density at radius 2 is 1.66 bits per heavy atom. The Balaban J connectivity index is 1.46. The van der Waals surface area contributed by atoms with Crippen molar-refractivity contribution < 1.29 is 24.2 Å². The molecule has 0 aliphatic carbocycles. The van der Waals surface area contributed by atoms with Crippen LogP contribution in [0.15, 0.2) is 89.9 Å². The number of amides is 2. The number of esters is 1. The largest absolute Gasteiger partial charge is 0.451 e. The number of rotatable bonds is 8. The zero-order valence-electron chi connectivity index (χ0n) is 21.0. The topological polar surface area (TPSA) is 87.2 Å². The molecule has 2 aromatic carbocycles. The minimum atomic E-state index is -0.916. The van der Waals surface area contributed by atoms with Crippen molar-refractivity contribution in [2.75, 3.05) is 4.90 Å². The van der Waals surface area contributed by atoms with Gasteiger partial charge in [0.2, 0.25) is 5.91 Å². The molecular weight excluding hydrogens is 520 g/mol. The molecule has 2 aliphatic rings. The van der Waals surface area contributed by atoms with Crippen LogP contribution in [0.3, 0.4) is 0 Å². The predicted molar refractivity (Wildman–Crippen MR) is 148 cm³/mol. The first-order valence-electron chi connectivity index (χ1n) is 12.4. The Morgan fingerprint density at radius 3 is 2.18 bits per heavy atom. The van der Waals surface area contributed by atoms with Crippen molar-refractivity contribution in [2.24, 2.45) is 0 Å². The summed E-state index contributed by atoms with van der Waals surface area (Å²) >= 11 is 2.62. The molecule has 1 N–H and O–H groups in total. The van der Waals surface area contributed by atoms with Gasteiger partial charge in [0.25, 0.3) is 5.91 Å². The van der Waals surface area contributed by atoms with E-state index in [4.69, 9.17) is 4.74 Å². The SMILES string of the molecule is CCC(O)C1=CN2C(=O)C(N(C(C)=O)c3cccs3)[C@H]2SC1C(=O)OC(c1ccccc1)c1ccccc1. The summed E-state index contributed by atoms with van der Waals surface area (Å²) in [6, 6.07) is 21.9. The maximum atomic E-state index is 13.8. The highest BCUT2D eigenvalue weighted by Crippen LogP contribution is 2.46. The molecule has 5 rings (SSSR count). The van der Waals surface area contributed by atoms with Gasteiger partial charge in [-0.1, -0.05) is 67.6 Å². The lowest BCUT2D eigenvalue weighted by Gasteiger charge is -2.52. The van der Waals surface area contributed by atoms with Crippen LogP contribution in [-0.2, 0) is 19.1 Å². The fourth-order valence-electron chi connectivity index (χ4n) is 4.78. The Labute approximate surface area is 229 Å². The highest BCUT2D eigenvalue weighted by molar-refractivity contribution is 8.01. The third-order valence-electron chi connectivity index (χ3n) is 6.70. The summed E-state index contributed by atoms with van der Waals surface area (Å²) in [6.07, 6.45) is 0.400. The van der Waals surface area contributed by atoms with Crippen molar-refractivity contribution in [1.82, 2.24) is 4.90 Å². The van der Waals surface area contributed by atoms with E-state index in [0.717, 1.165) is 11.1 Å². The van der Waals surface area contributed by atoms with Gasteiger partial charge in [0.1, 0.15) is 16.7 Å². The van der Waals surface area contributed by atoms with Crippen molar-refractivity contribution in [3.8, 4) is 0 Å². The molecular formula is C29H28N2O5S2. The van der Waals surface area contributed by atoms with E-state index in [1.54, 1.807) is 12.3 Å². The number of carbonyl (C=O) groups is 3. The van der Waals surface area contributed by atoms with Gasteiger partial charge in [-0.2, -0.15) is 0 Å². The molecule has 1 aromatic heterocycles. The molecule has 38 heavy (non-hydrogen) atoms. The maximum absolute atomic E-state index is 13.8. The van der Waals surface area contributed by atoms with Crippen LogP contribution in [0.1, 0.15) is 37.5 Å². The number of benzene rings is 2. The Bertz CT molecular complexity index is 1290. The predicted octanol–water partition coefficient (Wildman–Crippen LogP) is 4.74. The average molecular weight is 549 g/mol. The van der Waals surface area contributed by atoms with Gasteiger partial charge in [0, 0.05) is 13.1 Å². The van der Waals surface area contributed by atoms with E-state index < -0.39 is 34.8 Å². The summed E-state index contributed by atoms with van der Waals surface area (Å²) in [5.41, 5.74) is 2.08. The van der Waals surface area contributed by atoms with Crippen LogP contribution in [-0.4, -0.2) is 50.6 Å². The molecule has 0 saturated carbocycles. The number of β-lactam (4-membered cyclic amide) rings is 1. The molecule has 0 spiro atoms. The minimum absolute atomic E-state index is 0.245. The standard InChI is InChI=1S/C29H28N2O5S2/c1-3-22(33)21-17-30-27(34)24(31(18(2)32)23-15-10-16-37-23)28(30)38-26(21)29(35)36-25(19-11-6-4-7-12-19)20-13-8-5-9-14-20/h4-17,22,24-26,28,33H,3H2,1-2H3/t22?,24?,26?,28-/m1/s1. The zero-order chi connectivity index (χ0) is 26.8. The van der Waals surface area contributed by atoms with Gasteiger partial charge in [-0.15, -0.1) is 23.1 Å². The van der Waals surface area contributed by atoms with Gasteiger partial charge in [-0.05, 0) is 40.6 Å². The number of hydrogen-bond donors (Lipinski definition) is 1. The van der Waals surface area contributed by atoms with E-state index in [2.05, 4.69) is 0 Å². The molecule has 0 radical (unpaired) electrons. The van der Waals surface area contributed by atoms with E-state index in [-0.39, 0.29) is 11.8 Å². The van der Waals surface area contributed by atoms with Crippen LogP contribution in [0.2, 0.25) is 0 Å². The molecule has 196 valence electrons. The number of fused-ring (bicyclic) bond motifs is 1. The third kappa shape index (κ3) is 4.89. The highest BCUT2D eigenvalue weighted by Gasteiger charge is 2.56. The van der Waals surface area contributed by atoms with Crippen LogP contribution in [0.4, 0.5) is 5.00 Å². The lowest BCUT2D eigenvalue weighted by molar-refractivity contribution is -0.147. The number of thiophene rings is 1. The molecule has 4 atom stereocenters. The lowest BCUT2D eigenvalue weighted by Crippen LogP contribution is -2.70. The Hall–Kier alpha value is -3.40. The van der Waals surface area contributed by atoms with E-state index >= 15 is 0 Å². The minimum Gasteiger partial charge on any atom is -0.451 e. The Morgan fingerprint density at radius 1 is 1.03 bits per heavy atom. The lowest BCUT2D eigenvalue weighted by atomic mass is 9.99. The molecule has 3 unspecified atom stereocenters. The van der Waals surface area contributed by atoms with E-state index in [9.17, 15) is 19.5 Å². The Kier molecular flexibility index (Phi) is 7.69. The molecule has 0 bridgehead atoms. The normalized spacial score (nSPS) is 21.3. The van der Waals surface area contributed by atoms with Crippen molar-refractivity contribution in [3.05, 3.63) is 101 Å². The quantitative estimate of drug-likeness (QED) is 0.323. The molecule has 9 heteroatoms. The molecule has 1 saturated heterocycles. The first-order valence-corrected chi connectivity index (χ1v) is 14.2. The molecule has 7 nitrogen and oxygen atoms in total. The number of thioether (sulfide) groups is 1. The van der Waals surface area contributed by atoms with Gasteiger partial charge in [-0.3, -0.25) is 19.3 Å². The van der Waals surface area contributed by atoms with Crippen molar-refractivity contribution in [3.63, 3.8) is 0 Å². The number of hydrogen-bond acceptors (Lipinski definition) is 7. The molecule has 3 aromatic rings. The van der Waals surface area contributed by atoms with Crippen LogP contribution in [0, 0.1) is 0 Å². The number of ether oxygens (including phenoxy) is 1. The van der Waals surface area contributed by atoms with Gasteiger partial charge in [0.05, 0.1) is 11.1 Å². The van der Waals surface area contributed by atoms with Gasteiger partial charge in [-0.25, -0.2) is 0 Å². The second-order valence-electron chi connectivity index (χ2n) is 9.13. The zero-order valence-corrected chi connectivity index (χ0v) is 22.6. The maximum Gasteiger partial charge on any atom is 0.324 e. The van der Waals surface area contributed by atoms with Crippen LogP contribution in [0.25, 0.3) is 0 Å². The van der Waals surface area contributed by atoms with Gasteiger partial charge in [0.15, 0.2) is 6.10 Å². The summed E-state index contributed by atoms with van der Waals surface area (Å²) in [6.45, 7) is 3.25. The number of anilines is 1. The monoisotopic (exact) mass is 548 g/mol. The van der Waals surface area contributed by atoms with Crippen LogP contribution >= 0.6 is 23.1 Å². The fraction of sp³-hybridized carbons (Fsp3) is 0.276. The van der Waals surface area contributed by atoms with E-state index in [0.29, 0.717) is 17.0 Å². The molecule has 2 amide bonds. The molecule has 1 fully saturated rings. The van der Waals surface area contributed by atoms with Crippen molar-refractivity contribution in [1.29, 1.82) is 0 Å². The third-order valence-corrected chi connectivity index (χ3v) is 9.07. The molecule has 2 aliphatic heterocycles.